The highest BCUT2D eigenvalue weighted by Crippen LogP contribution is 2.23. The van der Waals surface area contributed by atoms with Gasteiger partial charge in [-0.05, 0) is 24.3 Å². The van der Waals surface area contributed by atoms with Crippen LogP contribution in [0.2, 0.25) is 0 Å². The summed E-state index contributed by atoms with van der Waals surface area (Å²) in [7, 11) is 1.72. The predicted molar refractivity (Wildman–Crippen MR) is 73.1 cm³/mol. The topological polar surface area (TPSA) is 90.4 Å². The second kappa shape index (κ2) is 6.33. The lowest BCUT2D eigenvalue weighted by Crippen LogP contribution is -2.23. The molecule has 0 unspecified atom stereocenters. The number of rotatable bonds is 4. The summed E-state index contributed by atoms with van der Waals surface area (Å²) in [6.45, 7) is 0.227. The fourth-order valence-electron chi connectivity index (χ4n) is 1.55. The van der Waals surface area contributed by atoms with Crippen LogP contribution < -0.4 is 15.8 Å². The van der Waals surface area contributed by atoms with Crippen molar-refractivity contribution in [3.05, 3.63) is 36.4 Å². The summed E-state index contributed by atoms with van der Waals surface area (Å²) < 4.78 is 41.4. The number of benzene rings is 1. The quantitative estimate of drug-likeness (QED) is 0.661. The fraction of sp³-hybridized carbons (Fsp3) is 0.250. The second-order valence-electron chi connectivity index (χ2n) is 4.20. The van der Waals surface area contributed by atoms with Gasteiger partial charge < -0.3 is 15.8 Å². The summed E-state index contributed by atoms with van der Waals surface area (Å²) >= 11 is 0. The first-order valence-electron chi connectivity index (χ1n) is 6.09. The van der Waals surface area contributed by atoms with Crippen LogP contribution in [0.25, 0.3) is 0 Å². The van der Waals surface area contributed by atoms with Crippen LogP contribution in [0.5, 0.6) is 5.75 Å². The Morgan fingerprint density at radius 3 is 2.59 bits per heavy atom. The van der Waals surface area contributed by atoms with Gasteiger partial charge in [0.2, 0.25) is 0 Å². The zero-order valence-corrected chi connectivity index (χ0v) is 11.5. The van der Waals surface area contributed by atoms with E-state index < -0.39 is 6.36 Å². The second-order valence-corrected chi connectivity index (χ2v) is 4.20. The number of guanidine groups is 1. The SMILES string of the molecule is Cn1ncnc1CN=C(N)Nc1ccc(OC(F)(F)F)cc1. The van der Waals surface area contributed by atoms with E-state index in [0.717, 1.165) is 0 Å². The Hall–Kier alpha value is -2.78. The number of aliphatic imine (C=N–C) groups is 1. The van der Waals surface area contributed by atoms with E-state index in [2.05, 4.69) is 25.1 Å². The molecule has 1 heterocycles. The Balaban J connectivity index is 1.94. The van der Waals surface area contributed by atoms with Crippen LogP contribution in [0.4, 0.5) is 18.9 Å². The van der Waals surface area contributed by atoms with Crippen LogP contribution in [0.1, 0.15) is 5.82 Å². The smallest absolute Gasteiger partial charge is 0.406 e. The van der Waals surface area contributed by atoms with Crippen molar-refractivity contribution >= 4 is 11.6 Å². The summed E-state index contributed by atoms with van der Waals surface area (Å²) in [5.74, 6) is 0.416. The lowest BCUT2D eigenvalue weighted by molar-refractivity contribution is -0.274. The molecule has 3 N–H and O–H groups in total. The predicted octanol–water partition coefficient (Wildman–Crippen LogP) is 1.64. The Labute approximate surface area is 123 Å². The number of anilines is 1. The number of hydrogen-bond donors (Lipinski definition) is 2. The average Bonchev–Trinajstić information content (AvgIpc) is 2.83. The van der Waals surface area contributed by atoms with Crippen molar-refractivity contribution in [1.29, 1.82) is 0 Å². The van der Waals surface area contributed by atoms with E-state index in [1.165, 1.54) is 30.6 Å². The van der Waals surface area contributed by atoms with Gasteiger partial charge in [-0.2, -0.15) is 5.10 Å². The monoisotopic (exact) mass is 314 g/mol. The molecule has 0 amide bonds. The minimum absolute atomic E-state index is 0.104. The van der Waals surface area contributed by atoms with Gasteiger partial charge in [-0.1, -0.05) is 0 Å². The maximum Gasteiger partial charge on any atom is 0.573 e. The van der Waals surface area contributed by atoms with E-state index >= 15 is 0 Å². The van der Waals surface area contributed by atoms with E-state index in [9.17, 15) is 13.2 Å². The normalized spacial score (nSPS) is 12.3. The minimum Gasteiger partial charge on any atom is -0.406 e. The molecule has 1 aromatic carbocycles. The lowest BCUT2D eigenvalue weighted by atomic mass is 10.3. The average molecular weight is 314 g/mol. The van der Waals surface area contributed by atoms with Crippen molar-refractivity contribution in [3.8, 4) is 5.75 Å². The lowest BCUT2D eigenvalue weighted by Gasteiger charge is -2.10. The number of nitrogens with one attached hydrogen (secondary N) is 1. The van der Waals surface area contributed by atoms with Crippen molar-refractivity contribution in [1.82, 2.24) is 14.8 Å². The molecule has 7 nitrogen and oxygen atoms in total. The zero-order chi connectivity index (χ0) is 16.2. The van der Waals surface area contributed by atoms with Gasteiger partial charge in [0.15, 0.2) is 5.96 Å². The molecule has 0 aliphatic heterocycles. The molecule has 1 aromatic heterocycles. The van der Waals surface area contributed by atoms with Gasteiger partial charge in [0.05, 0.1) is 0 Å². The number of aryl methyl sites for hydroxylation is 1. The molecular formula is C12H13F3N6O. The number of aromatic nitrogens is 3. The van der Waals surface area contributed by atoms with Gasteiger partial charge in [0, 0.05) is 12.7 Å². The van der Waals surface area contributed by atoms with Crippen LogP contribution in [-0.4, -0.2) is 27.1 Å². The molecule has 0 bridgehead atoms. The zero-order valence-electron chi connectivity index (χ0n) is 11.5. The Morgan fingerprint density at radius 2 is 2.05 bits per heavy atom. The minimum atomic E-state index is -4.72. The Bertz CT molecular complexity index is 650. The van der Waals surface area contributed by atoms with Gasteiger partial charge in [-0.3, -0.25) is 4.68 Å². The standard InChI is InChI=1S/C12H13F3N6O/c1-21-10(18-7-19-21)6-17-11(16)20-8-2-4-9(5-3-8)22-12(13,14)15/h2-5,7H,6H2,1H3,(H3,16,17,20). The molecule has 0 spiro atoms. The molecule has 0 radical (unpaired) electrons. The Morgan fingerprint density at radius 1 is 1.36 bits per heavy atom. The van der Waals surface area contributed by atoms with Crippen molar-refractivity contribution in [2.24, 2.45) is 17.8 Å². The van der Waals surface area contributed by atoms with Crippen molar-refractivity contribution in [2.75, 3.05) is 5.32 Å². The van der Waals surface area contributed by atoms with Crippen LogP contribution in [0, 0.1) is 0 Å². The summed E-state index contributed by atoms with van der Waals surface area (Å²) in [6, 6.07) is 5.13. The Kier molecular flexibility index (Phi) is 4.49. The van der Waals surface area contributed by atoms with Crippen LogP contribution in [-0.2, 0) is 13.6 Å². The molecule has 0 aliphatic carbocycles. The van der Waals surface area contributed by atoms with E-state index in [0.29, 0.717) is 11.5 Å². The first-order valence-corrected chi connectivity index (χ1v) is 6.09. The van der Waals surface area contributed by atoms with Crippen LogP contribution in [0.3, 0.4) is 0 Å². The molecule has 0 fully saturated rings. The van der Waals surface area contributed by atoms with Crippen molar-refractivity contribution < 1.29 is 17.9 Å². The molecule has 2 aromatic rings. The van der Waals surface area contributed by atoms with Crippen molar-refractivity contribution in [2.45, 2.75) is 12.9 Å². The highest BCUT2D eigenvalue weighted by molar-refractivity contribution is 5.92. The molecule has 10 heteroatoms. The molecule has 0 saturated carbocycles. The van der Waals surface area contributed by atoms with Gasteiger partial charge in [0.1, 0.15) is 24.4 Å². The maximum absolute atomic E-state index is 12.0. The molecular weight excluding hydrogens is 301 g/mol. The van der Waals surface area contributed by atoms with Gasteiger partial charge in [-0.25, -0.2) is 9.98 Å². The number of halogens is 3. The van der Waals surface area contributed by atoms with E-state index in [1.807, 2.05) is 0 Å². The molecule has 2 rings (SSSR count). The van der Waals surface area contributed by atoms with Crippen LogP contribution >= 0.6 is 0 Å². The third kappa shape index (κ3) is 4.65. The highest BCUT2D eigenvalue weighted by Gasteiger charge is 2.30. The third-order valence-corrected chi connectivity index (χ3v) is 2.56. The van der Waals surface area contributed by atoms with Crippen LogP contribution in [0.15, 0.2) is 35.6 Å². The summed E-state index contributed by atoms with van der Waals surface area (Å²) in [4.78, 5) is 8.03. The number of ether oxygens (including phenoxy) is 1. The molecule has 0 atom stereocenters. The van der Waals surface area contributed by atoms with E-state index in [4.69, 9.17) is 5.73 Å². The first-order chi connectivity index (χ1) is 10.3. The summed E-state index contributed by atoms with van der Waals surface area (Å²) in [6.07, 6.45) is -3.32. The van der Waals surface area contributed by atoms with Gasteiger partial charge >= 0.3 is 6.36 Å². The fourth-order valence-corrected chi connectivity index (χ4v) is 1.55. The molecule has 0 saturated heterocycles. The summed E-state index contributed by atoms with van der Waals surface area (Å²) in [5.41, 5.74) is 6.16. The van der Waals surface area contributed by atoms with Gasteiger partial charge in [0.25, 0.3) is 0 Å². The molecule has 118 valence electrons. The number of alkyl halides is 3. The van der Waals surface area contributed by atoms with E-state index in [1.54, 1.807) is 11.7 Å². The largest absolute Gasteiger partial charge is 0.573 e. The first kappa shape index (κ1) is 15.6. The molecule has 0 aliphatic rings. The highest BCUT2D eigenvalue weighted by atomic mass is 19.4. The molecule has 22 heavy (non-hydrogen) atoms. The van der Waals surface area contributed by atoms with Gasteiger partial charge in [-0.15, -0.1) is 13.2 Å². The number of nitrogens with zero attached hydrogens (tertiary/aromatic N) is 4. The number of hydrogen-bond acceptors (Lipinski definition) is 4. The maximum atomic E-state index is 12.0. The van der Waals surface area contributed by atoms with Crippen molar-refractivity contribution in [3.63, 3.8) is 0 Å². The van der Waals surface area contributed by atoms with E-state index in [-0.39, 0.29) is 18.3 Å². The number of nitrogens with two attached hydrogens (primary N) is 1. The third-order valence-electron chi connectivity index (χ3n) is 2.56. The summed E-state index contributed by atoms with van der Waals surface area (Å²) in [5, 5.41) is 6.63.